The second-order valence-corrected chi connectivity index (χ2v) is 4.08. The lowest BCUT2D eigenvalue weighted by Gasteiger charge is -2.26. The average Bonchev–Trinajstić information content (AvgIpc) is 2.24. The van der Waals surface area contributed by atoms with Crippen LogP contribution in [0.3, 0.4) is 0 Å². The Hall–Kier alpha value is -1.09. The van der Waals surface area contributed by atoms with Crippen molar-refractivity contribution in [2.45, 2.75) is 25.8 Å². The van der Waals surface area contributed by atoms with Crippen LogP contribution in [0.4, 0.5) is 0 Å². The third-order valence-electron chi connectivity index (χ3n) is 2.62. The molecule has 80 valence electrons. The van der Waals surface area contributed by atoms with Gasteiger partial charge >= 0.3 is 0 Å². The Labute approximate surface area is 94.1 Å². The highest BCUT2D eigenvalue weighted by Crippen LogP contribution is 2.18. The number of aromatic nitrogens is 1. The van der Waals surface area contributed by atoms with E-state index in [0.29, 0.717) is 18.1 Å². The Balaban J connectivity index is 2.08. The maximum absolute atomic E-state index is 11.6. The van der Waals surface area contributed by atoms with Crippen molar-refractivity contribution in [1.29, 1.82) is 0 Å². The fourth-order valence-corrected chi connectivity index (χ4v) is 1.95. The minimum atomic E-state index is 0.223. The van der Waals surface area contributed by atoms with Crippen LogP contribution in [0.15, 0.2) is 18.3 Å². The van der Waals surface area contributed by atoms with Gasteiger partial charge in [0.15, 0.2) is 0 Å². The predicted octanol–water partition coefficient (Wildman–Crippen LogP) is 2.25. The summed E-state index contributed by atoms with van der Waals surface area (Å²) in [5, 5.41) is 0.496. The SMILES string of the molecule is O=C1CCCCN1Cc1cccnc1Cl. The van der Waals surface area contributed by atoms with Gasteiger partial charge in [0, 0.05) is 31.3 Å². The third-order valence-corrected chi connectivity index (χ3v) is 2.96. The van der Waals surface area contributed by atoms with E-state index in [4.69, 9.17) is 11.6 Å². The smallest absolute Gasteiger partial charge is 0.222 e. The lowest BCUT2D eigenvalue weighted by atomic mass is 10.1. The van der Waals surface area contributed by atoms with Gasteiger partial charge < -0.3 is 4.90 Å². The second kappa shape index (κ2) is 4.62. The van der Waals surface area contributed by atoms with Gasteiger partial charge in [-0.1, -0.05) is 17.7 Å². The number of carbonyl (C=O) groups excluding carboxylic acids is 1. The molecule has 0 unspecified atom stereocenters. The molecule has 0 aliphatic carbocycles. The number of hydrogen-bond acceptors (Lipinski definition) is 2. The monoisotopic (exact) mass is 224 g/mol. The van der Waals surface area contributed by atoms with Crippen LogP contribution in [0.1, 0.15) is 24.8 Å². The van der Waals surface area contributed by atoms with Gasteiger partial charge in [0.2, 0.25) is 5.91 Å². The summed E-state index contributed by atoms with van der Waals surface area (Å²) in [6.45, 7) is 1.43. The number of rotatable bonds is 2. The molecule has 1 saturated heterocycles. The number of piperidine rings is 1. The summed E-state index contributed by atoms with van der Waals surface area (Å²) >= 11 is 5.94. The van der Waals surface area contributed by atoms with E-state index >= 15 is 0 Å². The van der Waals surface area contributed by atoms with E-state index in [9.17, 15) is 4.79 Å². The zero-order valence-corrected chi connectivity index (χ0v) is 9.20. The minimum absolute atomic E-state index is 0.223. The lowest BCUT2D eigenvalue weighted by molar-refractivity contribution is -0.133. The number of halogens is 1. The topological polar surface area (TPSA) is 33.2 Å². The van der Waals surface area contributed by atoms with Gasteiger partial charge in [0.1, 0.15) is 5.15 Å². The quantitative estimate of drug-likeness (QED) is 0.722. The van der Waals surface area contributed by atoms with Gasteiger partial charge in [-0.2, -0.15) is 0 Å². The fraction of sp³-hybridized carbons (Fsp3) is 0.455. The Morgan fingerprint density at radius 1 is 1.47 bits per heavy atom. The molecule has 15 heavy (non-hydrogen) atoms. The molecule has 1 aliphatic heterocycles. The third kappa shape index (κ3) is 2.48. The molecule has 2 rings (SSSR count). The number of hydrogen-bond donors (Lipinski definition) is 0. The Morgan fingerprint density at radius 3 is 3.07 bits per heavy atom. The molecular weight excluding hydrogens is 212 g/mol. The normalized spacial score (nSPS) is 16.9. The highest BCUT2D eigenvalue weighted by Gasteiger charge is 2.18. The second-order valence-electron chi connectivity index (χ2n) is 3.73. The van der Waals surface area contributed by atoms with Crippen molar-refractivity contribution in [3.63, 3.8) is 0 Å². The first-order chi connectivity index (χ1) is 7.27. The standard InChI is InChI=1S/C11H13ClN2O/c12-11-9(4-3-6-13-11)8-14-7-2-1-5-10(14)15/h3-4,6H,1-2,5,7-8H2. The van der Waals surface area contributed by atoms with Crippen molar-refractivity contribution in [3.05, 3.63) is 29.0 Å². The zero-order valence-electron chi connectivity index (χ0n) is 8.45. The first kappa shape index (κ1) is 10.4. The summed E-state index contributed by atoms with van der Waals surface area (Å²) in [7, 11) is 0. The summed E-state index contributed by atoms with van der Waals surface area (Å²) in [5.41, 5.74) is 0.925. The van der Waals surface area contributed by atoms with Crippen molar-refractivity contribution in [3.8, 4) is 0 Å². The van der Waals surface area contributed by atoms with Crippen LogP contribution in [0.25, 0.3) is 0 Å². The van der Waals surface area contributed by atoms with Gasteiger partial charge in [0.05, 0.1) is 0 Å². The summed E-state index contributed by atoms with van der Waals surface area (Å²) in [6.07, 6.45) is 4.42. The average molecular weight is 225 g/mol. The summed E-state index contributed by atoms with van der Waals surface area (Å²) in [4.78, 5) is 17.4. The molecule has 1 aromatic rings. The van der Waals surface area contributed by atoms with E-state index in [1.807, 2.05) is 17.0 Å². The van der Waals surface area contributed by atoms with Gasteiger partial charge in [-0.05, 0) is 18.9 Å². The number of nitrogens with zero attached hydrogens (tertiary/aromatic N) is 2. The van der Waals surface area contributed by atoms with E-state index in [1.54, 1.807) is 6.20 Å². The van der Waals surface area contributed by atoms with Crippen LogP contribution in [0, 0.1) is 0 Å². The van der Waals surface area contributed by atoms with Crippen LogP contribution in [0.2, 0.25) is 5.15 Å². The van der Waals surface area contributed by atoms with Crippen molar-refractivity contribution < 1.29 is 4.79 Å². The highest BCUT2D eigenvalue weighted by atomic mass is 35.5. The number of pyridine rings is 1. The van der Waals surface area contributed by atoms with Crippen LogP contribution < -0.4 is 0 Å². The fourth-order valence-electron chi connectivity index (χ4n) is 1.77. The Bertz CT molecular complexity index is 367. The zero-order chi connectivity index (χ0) is 10.7. The number of amides is 1. The molecule has 0 radical (unpaired) electrons. The first-order valence-corrected chi connectivity index (χ1v) is 5.52. The van der Waals surface area contributed by atoms with Crippen molar-refractivity contribution >= 4 is 17.5 Å². The molecule has 1 amide bonds. The van der Waals surface area contributed by atoms with Gasteiger partial charge in [-0.25, -0.2) is 4.98 Å². The van der Waals surface area contributed by atoms with Gasteiger partial charge in [0.25, 0.3) is 0 Å². The van der Waals surface area contributed by atoms with Crippen molar-refractivity contribution in [1.82, 2.24) is 9.88 Å². The molecule has 3 nitrogen and oxygen atoms in total. The predicted molar refractivity (Wildman–Crippen MR) is 58.5 cm³/mol. The molecule has 1 aromatic heterocycles. The Kier molecular flexibility index (Phi) is 3.21. The van der Waals surface area contributed by atoms with E-state index in [2.05, 4.69) is 4.98 Å². The summed E-state index contributed by atoms with van der Waals surface area (Å²) in [6, 6.07) is 3.76. The van der Waals surface area contributed by atoms with E-state index < -0.39 is 0 Å². The van der Waals surface area contributed by atoms with Crippen LogP contribution in [-0.4, -0.2) is 22.3 Å². The van der Waals surface area contributed by atoms with Gasteiger partial charge in [-0.3, -0.25) is 4.79 Å². The van der Waals surface area contributed by atoms with Crippen LogP contribution in [0.5, 0.6) is 0 Å². The summed E-state index contributed by atoms with van der Waals surface area (Å²) < 4.78 is 0. The summed E-state index contributed by atoms with van der Waals surface area (Å²) in [5.74, 6) is 0.223. The van der Waals surface area contributed by atoms with Crippen molar-refractivity contribution in [2.75, 3.05) is 6.54 Å². The van der Waals surface area contributed by atoms with Crippen LogP contribution >= 0.6 is 11.6 Å². The minimum Gasteiger partial charge on any atom is -0.338 e. The van der Waals surface area contributed by atoms with Crippen LogP contribution in [-0.2, 0) is 11.3 Å². The molecule has 0 aromatic carbocycles. The number of likely N-dealkylation sites (tertiary alicyclic amines) is 1. The largest absolute Gasteiger partial charge is 0.338 e. The van der Waals surface area contributed by atoms with Crippen molar-refractivity contribution in [2.24, 2.45) is 0 Å². The first-order valence-electron chi connectivity index (χ1n) is 5.14. The number of carbonyl (C=O) groups is 1. The molecule has 0 spiro atoms. The molecule has 1 aliphatic rings. The highest BCUT2D eigenvalue weighted by molar-refractivity contribution is 6.30. The van der Waals surface area contributed by atoms with E-state index in [0.717, 1.165) is 24.9 Å². The molecule has 2 heterocycles. The Morgan fingerprint density at radius 2 is 2.33 bits per heavy atom. The van der Waals surface area contributed by atoms with E-state index in [1.165, 1.54) is 0 Å². The molecule has 4 heteroatoms. The molecule has 0 bridgehead atoms. The molecule has 0 saturated carbocycles. The molecule has 0 atom stereocenters. The van der Waals surface area contributed by atoms with E-state index in [-0.39, 0.29) is 5.91 Å². The van der Waals surface area contributed by atoms with Gasteiger partial charge in [-0.15, -0.1) is 0 Å². The lowest BCUT2D eigenvalue weighted by Crippen LogP contribution is -2.34. The maximum atomic E-state index is 11.6. The molecule has 0 N–H and O–H groups in total. The molecule has 1 fully saturated rings. The maximum Gasteiger partial charge on any atom is 0.222 e. The molecular formula is C11H13ClN2O.